The molecular formula is C17H18F3N. The molecule has 1 N–H and O–H groups in total. The molecule has 2 aromatic carbocycles. The highest BCUT2D eigenvalue weighted by atomic mass is 19.2. The summed E-state index contributed by atoms with van der Waals surface area (Å²) in [6.07, 6.45) is 0. The third-order valence-electron chi connectivity index (χ3n) is 3.26. The number of hydrogen-bond acceptors (Lipinski definition) is 1. The molecule has 0 bridgehead atoms. The molecule has 2 rings (SSSR count). The second-order valence-electron chi connectivity index (χ2n) is 6.02. The van der Waals surface area contributed by atoms with Gasteiger partial charge in [-0.1, -0.05) is 39.0 Å². The van der Waals surface area contributed by atoms with E-state index < -0.39 is 17.5 Å². The largest absolute Gasteiger partial charge is 0.381 e. The molecule has 0 fully saturated rings. The fourth-order valence-electron chi connectivity index (χ4n) is 2.20. The SMILES string of the molecule is CC(C)(C)c1ccccc1NCc1cc(F)c(F)c(F)c1. The number of anilines is 1. The highest BCUT2D eigenvalue weighted by Gasteiger charge is 2.17. The second-order valence-corrected chi connectivity index (χ2v) is 6.02. The summed E-state index contributed by atoms with van der Waals surface area (Å²) in [5, 5.41) is 3.15. The van der Waals surface area contributed by atoms with E-state index in [0.717, 1.165) is 23.4 Å². The van der Waals surface area contributed by atoms with Crippen LogP contribution in [0.15, 0.2) is 36.4 Å². The standard InChI is InChI=1S/C17H18F3N/c1-17(2,3)12-6-4-5-7-15(12)21-10-11-8-13(18)16(20)14(19)9-11/h4-9,21H,10H2,1-3H3. The smallest absolute Gasteiger partial charge is 0.194 e. The molecule has 0 atom stereocenters. The maximum absolute atomic E-state index is 13.2. The van der Waals surface area contributed by atoms with Gasteiger partial charge in [0, 0.05) is 12.2 Å². The lowest BCUT2D eigenvalue weighted by Crippen LogP contribution is -2.14. The molecule has 0 aliphatic heterocycles. The Kier molecular flexibility index (Phi) is 4.26. The Morgan fingerprint density at radius 1 is 0.952 bits per heavy atom. The molecule has 21 heavy (non-hydrogen) atoms. The zero-order chi connectivity index (χ0) is 15.6. The quantitative estimate of drug-likeness (QED) is 0.784. The van der Waals surface area contributed by atoms with Crippen molar-refractivity contribution in [2.45, 2.75) is 32.7 Å². The molecule has 112 valence electrons. The van der Waals surface area contributed by atoms with E-state index in [-0.39, 0.29) is 12.0 Å². The molecule has 0 heterocycles. The zero-order valence-electron chi connectivity index (χ0n) is 12.3. The van der Waals surface area contributed by atoms with Crippen LogP contribution in [0.2, 0.25) is 0 Å². The summed E-state index contributed by atoms with van der Waals surface area (Å²) in [5.74, 6) is -3.78. The molecule has 0 radical (unpaired) electrons. The van der Waals surface area contributed by atoms with E-state index >= 15 is 0 Å². The van der Waals surface area contributed by atoms with Gasteiger partial charge in [-0.25, -0.2) is 13.2 Å². The second kappa shape index (κ2) is 5.80. The van der Waals surface area contributed by atoms with E-state index in [1.165, 1.54) is 0 Å². The van der Waals surface area contributed by atoms with Crippen molar-refractivity contribution in [1.29, 1.82) is 0 Å². The Morgan fingerprint density at radius 3 is 2.10 bits per heavy atom. The van der Waals surface area contributed by atoms with Crippen LogP contribution in [0.4, 0.5) is 18.9 Å². The zero-order valence-corrected chi connectivity index (χ0v) is 12.3. The van der Waals surface area contributed by atoms with Crippen LogP contribution >= 0.6 is 0 Å². The lowest BCUT2D eigenvalue weighted by atomic mass is 9.86. The summed E-state index contributed by atoms with van der Waals surface area (Å²) in [5.41, 5.74) is 2.31. The third-order valence-corrected chi connectivity index (χ3v) is 3.26. The van der Waals surface area contributed by atoms with Crippen molar-refractivity contribution in [1.82, 2.24) is 0 Å². The van der Waals surface area contributed by atoms with Gasteiger partial charge in [0.25, 0.3) is 0 Å². The van der Waals surface area contributed by atoms with Crippen molar-refractivity contribution < 1.29 is 13.2 Å². The molecule has 1 nitrogen and oxygen atoms in total. The first-order chi connectivity index (χ1) is 9.79. The molecule has 0 amide bonds. The van der Waals surface area contributed by atoms with Crippen molar-refractivity contribution in [2.75, 3.05) is 5.32 Å². The molecule has 0 aliphatic rings. The number of para-hydroxylation sites is 1. The van der Waals surface area contributed by atoms with Gasteiger partial charge in [0.15, 0.2) is 17.5 Å². The molecular weight excluding hydrogens is 275 g/mol. The van der Waals surface area contributed by atoms with Gasteiger partial charge in [-0.3, -0.25) is 0 Å². The highest BCUT2D eigenvalue weighted by Crippen LogP contribution is 2.29. The number of nitrogens with one attached hydrogen (secondary N) is 1. The van der Waals surface area contributed by atoms with Crippen LogP contribution in [-0.4, -0.2) is 0 Å². The van der Waals surface area contributed by atoms with Crippen LogP contribution in [0.1, 0.15) is 31.9 Å². The number of benzene rings is 2. The summed E-state index contributed by atoms with van der Waals surface area (Å²) in [7, 11) is 0. The molecule has 0 aromatic heterocycles. The summed E-state index contributed by atoms with van der Waals surface area (Å²) in [6, 6.07) is 9.77. The fourth-order valence-corrected chi connectivity index (χ4v) is 2.20. The molecule has 0 unspecified atom stereocenters. The molecule has 0 saturated heterocycles. The van der Waals surface area contributed by atoms with Crippen molar-refractivity contribution in [2.24, 2.45) is 0 Å². The van der Waals surface area contributed by atoms with Crippen molar-refractivity contribution in [3.8, 4) is 0 Å². The highest BCUT2D eigenvalue weighted by molar-refractivity contribution is 5.54. The van der Waals surface area contributed by atoms with E-state index in [9.17, 15) is 13.2 Å². The Labute approximate surface area is 122 Å². The average molecular weight is 293 g/mol. The lowest BCUT2D eigenvalue weighted by Gasteiger charge is -2.23. The van der Waals surface area contributed by atoms with Gasteiger partial charge in [0.1, 0.15) is 0 Å². The Bertz CT molecular complexity index is 622. The van der Waals surface area contributed by atoms with E-state index in [0.29, 0.717) is 5.56 Å². The van der Waals surface area contributed by atoms with Gasteiger partial charge < -0.3 is 5.32 Å². The molecule has 0 saturated carbocycles. The lowest BCUT2D eigenvalue weighted by molar-refractivity contribution is 0.445. The van der Waals surface area contributed by atoms with Gasteiger partial charge in [0.2, 0.25) is 0 Å². The van der Waals surface area contributed by atoms with Gasteiger partial charge in [0.05, 0.1) is 0 Å². The Hall–Kier alpha value is -1.97. The van der Waals surface area contributed by atoms with E-state index in [1.54, 1.807) is 0 Å². The minimum Gasteiger partial charge on any atom is -0.381 e. The Balaban J connectivity index is 2.21. The maximum atomic E-state index is 13.2. The first kappa shape index (κ1) is 15.4. The van der Waals surface area contributed by atoms with Crippen LogP contribution in [0, 0.1) is 17.5 Å². The van der Waals surface area contributed by atoms with Crippen molar-refractivity contribution >= 4 is 5.69 Å². The minimum atomic E-state index is -1.44. The van der Waals surface area contributed by atoms with Crippen LogP contribution in [-0.2, 0) is 12.0 Å². The monoisotopic (exact) mass is 293 g/mol. The number of hydrogen-bond donors (Lipinski definition) is 1. The van der Waals surface area contributed by atoms with Gasteiger partial charge in [-0.05, 0) is 34.7 Å². The Morgan fingerprint density at radius 2 is 1.52 bits per heavy atom. The first-order valence-corrected chi connectivity index (χ1v) is 6.76. The molecule has 0 aliphatic carbocycles. The van der Waals surface area contributed by atoms with E-state index in [1.807, 2.05) is 24.3 Å². The number of halogens is 3. The average Bonchev–Trinajstić information content (AvgIpc) is 2.41. The topological polar surface area (TPSA) is 12.0 Å². The molecule has 2 aromatic rings. The number of rotatable bonds is 3. The molecule has 4 heteroatoms. The molecule has 0 spiro atoms. The van der Waals surface area contributed by atoms with Crippen LogP contribution < -0.4 is 5.32 Å². The van der Waals surface area contributed by atoms with Crippen LogP contribution in [0.3, 0.4) is 0 Å². The minimum absolute atomic E-state index is 0.0527. The van der Waals surface area contributed by atoms with Gasteiger partial charge in [-0.15, -0.1) is 0 Å². The predicted octanol–water partition coefficient (Wildman–Crippen LogP) is 5.01. The first-order valence-electron chi connectivity index (χ1n) is 6.76. The van der Waals surface area contributed by atoms with E-state index in [4.69, 9.17) is 0 Å². The normalized spacial score (nSPS) is 11.5. The van der Waals surface area contributed by atoms with Crippen LogP contribution in [0.25, 0.3) is 0 Å². The summed E-state index contributed by atoms with van der Waals surface area (Å²) < 4.78 is 39.3. The predicted molar refractivity (Wildman–Crippen MR) is 78.8 cm³/mol. The summed E-state index contributed by atoms with van der Waals surface area (Å²) in [6.45, 7) is 6.49. The van der Waals surface area contributed by atoms with Crippen molar-refractivity contribution in [3.05, 3.63) is 65.0 Å². The van der Waals surface area contributed by atoms with Gasteiger partial charge >= 0.3 is 0 Å². The van der Waals surface area contributed by atoms with Crippen molar-refractivity contribution in [3.63, 3.8) is 0 Å². The van der Waals surface area contributed by atoms with Crippen LogP contribution in [0.5, 0.6) is 0 Å². The van der Waals surface area contributed by atoms with E-state index in [2.05, 4.69) is 26.1 Å². The fraction of sp³-hybridized carbons (Fsp3) is 0.294. The summed E-state index contributed by atoms with van der Waals surface area (Å²) >= 11 is 0. The summed E-state index contributed by atoms with van der Waals surface area (Å²) in [4.78, 5) is 0. The third kappa shape index (κ3) is 3.57. The van der Waals surface area contributed by atoms with Gasteiger partial charge in [-0.2, -0.15) is 0 Å². The maximum Gasteiger partial charge on any atom is 0.194 e.